The Balaban J connectivity index is 1.70. The molecule has 0 spiro atoms. The number of nitrogens with zero attached hydrogens (tertiary/aromatic N) is 4. The van der Waals surface area contributed by atoms with Gasteiger partial charge < -0.3 is 11.5 Å². The Morgan fingerprint density at radius 2 is 1.71 bits per heavy atom. The van der Waals surface area contributed by atoms with Crippen molar-refractivity contribution >= 4 is 11.2 Å². The molecule has 4 N–H and O–H groups in total. The highest BCUT2D eigenvalue weighted by Crippen LogP contribution is 2.39. The van der Waals surface area contributed by atoms with Gasteiger partial charge in [-0.25, -0.2) is 15.0 Å². The van der Waals surface area contributed by atoms with Crippen LogP contribution in [0.5, 0.6) is 0 Å². The number of benzene rings is 2. The fourth-order valence-corrected chi connectivity index (χ4v) is 3.82. The van der Waals surface area contributed by atoms with Crippen molar-refractivity contribution in [2.24, 2.45) is 11.5 Å². The lowest BCUT2D eigenvalue weighted by Crippen LogP contribution is -2.43. The van der Waals surface area contributed by atoms with E-state index < -0.39 is 0 Å². The molecule has 0 bridgehead atoms. The fraction of sp³-hybridized carbons (Fsp3) is 0.227. The maximum absolute atomic E-state index is 6.49. The second-order valence-corrected chi connectivity index (χ2v) is 7.39. The van der Waals surface area contributed by atoms with Gasteiger partial charge in [0.25, 0.3) is 0 Å². The van der Waals surface area contributed by atoms with Crippen molar-refractivity contribution in [2.45, 2.75) is 31.3 Å². The standard InChI is InChI=1S/C22H22N6/c23-13-19-25-14-18-21(27-19)28(20(26-18)15-5-2-1-3-6-15)17-9-7-16(8-10-17)22(24)11-4-12-22/h1-3,5-10,14H,4,11-13,23-24H2. The van der Waals surface area contributed by atoms with Gasteiger partial charge in [0.15, 0.2) is 5.65 Å². The summed E-state index contributed by atoms with van der Waals surface area (Å²) in [6.45, 7) is 0.288. The van der Waals surface area contributed by atoms with Gasteiger partial charge >= 0.3 is 0 Å². The number of fused-ring (bicyclic) bond motifs is 1. The van der Waals surface area contributed by atoms with Crippen molar-refractivity contribution < 1.29 is 0 Å². The maximum atomic E-state index is 6.49. The molecular formula is C22H22N6. The lowest BCUT2D eigenvalue weighted by molar-refractivity contribution is 0.253. The topological polar surface area (TPSA) is 95.6 Å². The van der Waals surface area contributed by atoms with Gasteiger partial charge in [0.2, 0.25) is 0 Å². The molecule has 1 aliphatic rings. The molecule has 28 heavy (non-hydrogen) atoms. The molecule has 2 aromatic heterocycles. The van der Waals surface area contributed by atoms with Gasteiger partial charge in [0.05, 0.1) is 12.7 Å². The van der Waals surface area contributed by atoms with E-state index in [2.05, 4.69) is 38.8 Å². The Morgan fingerprint density at radius 1 is 0.964 bits per heavy atom. The largest absolute Gasteiger partial charge is 0.324 e. The summed E-state index contributed by atoms with van der Waals surface area (Å²) >= 11 is 0. The van der Waals surface area contributed by atoms with Crippen LogP contribution in [-0.4, -0.2) is 19.5 Å². The van der Waals surface area contributed by atoms with Crippen LogP contribution in [0.2, 0.25) is 0 Å². The molecule has 1 aliphatic carbocycles. The predicted octanol–water partition coefficient (Wildman–Crippen LogP) is 3.28. The van der Waals surface area contributed by atoms with Crippen molar-refractivity contribution in [3.63, 3.8) is 0 Å². The molecule has 0 saturated heterocycles. The highest BCUT2D eigenvalue weighted by molar-refractivity contribution is 5.79. The number of nitrogens with two attached hydrogens (primary N) is 2. The Bertz CT molecular complexity index is 1130. The highest BCUT2D eigenvalue weighted by atomic mass is 15.2. The van der Waals surface area contributed by atoms with Crippen LogP contribution in [0.25, 0.3) is 28.2 Å². The van der Waals surface area contributed by atoms with Crippen molar-refractivity contribution in [2.75, 3.05) is 0 Å². The first kappa shape index (κ1) is 17.0. The van der Waals surface area contributed by atoms with Crippen molar-refractivity contribution in [1.82, 2.24) is 19.5 Å². The summed E-state index contributed by atoms with van der Waals surface area (Å²) in [5, 5.41) is 0. The third-order valence-corrected chi connectivity index (χ3v) is 5.61. The predicted molar refractivity (Wildman–Crippen MR) is 110 cm³/mol. The molecule has 6 heteroatoms. The summed E-state index contributed by atoms with van der Waals surface area (Å²) in [5.74, 6) is 1.43. The minimum absolute atomic E-state index is 0.174. The van der Waals surface area contributed by atoms with E-state index in [9.17, 15) is 0 Å². The molecule has 6 nitrogen and oxygen atoms in total. The average Bonchev–Trinajstić information content (AvgIpc) is 3.11. The minimum atomic E-state index is -0.174. The van der Waals surface area contributed by atoms with Gasteiger partial charge in [0.1, 0.15) is 17.2 Å². The average molecular weight is 370 g/mol. The van der Waals surface area contributed by atoms with Crippen molar-refractivity contribution in [3.8, 4) is 17.1 Å². The molecule has 5 rings (SSSR count). The lowest BCUT2D eigenvalue weighted by atomic mass is 9.73. The van der Waals surface area contributed by atoms with E-state index in [1.54, 1.807) is 6.20 Å². The van der Waals surface area contributed by atoms with Gasteiger partial charge in [-0.2, -0.15) is 0 Å². The number of imidazole rings is 1. The first-order valence-corrected chi connectivity index (χ1v) is 9.58. The summed E-state index contributed by atoms with van der Waals surface area (Å²) in [7, 11) is 0. The summed E-state index contributed by atoms with van der Waals surface area (Å²) in [5.41, 5.74) is 16.8. The Morgan fingerprint density at radius 3 is 2.36 bits per heavy atom. The van der Waals surface area contributed by atoms with E-state index in [-0.39, 0.29) is 12.1 Å². The van der Waals surface area contributed by atoms with Gasteiger partial charge in [-0.1, -0.05) is 42.5 Å². The molecule has 2 aromatic carbocycles. The van der Waals surface area contributed by atoms with E-state index in [0.29, 0.717) is 5.82 Å². The third-order valence-electron chi connectivity index (χ3n) is 5.61. The monoisotopic (exact) mass is 370 g/mol. The fourth-order valence-electron chi connectivity index (χ4n) is 3.82. The van der Waals surface area contributed by atoms with Crippen LogP contribution in [0.15, 0.2) is 60.8 Å². The Labute approximate surface area is 163 Å². The van der Waals surface area contributed by atoms with Crippen LogP contribution in [-0.2, 0) is 12.1 Å². The van der Waals surface area contributed by atoms with Crippen molar-refractivity contribution in [1.29, 1.82) is 0 Å². The van der Waals surface area contributed by atoms with Gasteiger partial charge in [-0.3, -0.25) is 4.57 Å². The lowest BCUT2D eigenvalue weighted by Gasteiger charge is -2.38. The normalized spacial score (nSPS) is 15.5. The van der Waals surface area contributed by atoms with E-state index >= 15 is 0 Å². The minimum Gasteiger partial charge on any atom is -0.324 e. The number of rotatable bonds is 4. The first-order valence-electron chi connectivity index (χ1n) is 9.58. The van der Waals surface area contributed by atoms with Crippen LogP contribution in [0.4, 0.5) is 0 Å². The maximum Gasteiger partial charge on any atom is 0.168 e. The molecule has 0 radical (unpaired) electrons. The Kier molecular flexibility index (Phi) is 3.96. The second kappa shape index (κ2) is 6.51. The number of hydrogen-bond acceptors (Lipinski definition) is 5. The van der Waals surface area contributed by atoms with Crippen LogP contribution in [0.1, 0.15) is 30.7 Å². The molecule has 0 aliphatic heterocycles. The molecule has 140 valence electrons. The van der Waals surface area contributed by atoms with E-state index in [4.69, 9.17) is 16.5 Å². The molecule has 0 unspecified atom stereocenters. The zero-order valence-corrected chi connectivity index (χ0v) is 15.5. The molecule has 4 aromatic rings. The molecule has 0 atom stereocenters. The zero-order chi connectivity index (χ0) is 19.1. The third kappa shape index (κ3) is 2.69. The second-order valence-electron chi connectivity index (χ2n) is 7.39. The van der Waals surface area contributed by atoms with Crippen LogP contribution in [0, 0.1) is 0 Å². The van der Waals surface area contributed by atoms with E-state index in [0.717, 1.165) is 41.1 Å². The quantitative estimate of drug-likeness (QED) is 0.575. The summed E-state index contributed by atoms with van der Waals surface area (Å²) in [4.78, 5) is 13.8. The van der Waals surface area contributed by atoms with Crippen LogP contribution >= 0.6 is 0 Å². The summed E-state index contributed by atoms with van der Waals surface area (Å²) in [6, 6.07) is 18.6. The SMILES string of the molecule is NCc1ncc2nc(-c3ccccc3)n(-c3ccc(C4(N)CCC4)cc3)c2n1. The molecule has 0 amide bonds. The van der Waals surface area contributed by atoms with Gasteiger partial charge in [-0.15, -0.1) is 0 Å². The number of aromatic nitrogens is 4. The highest BCUT2D eigenvalue weighted by Gasteiger charge is 2.34. The molecule has 2 heterocycles. The van der Waals surface area contributed by atoms with E-state index in [1.165, 1.54) is 12.0 Å². The smallest absolute Gasteiger partial charge is 0.168 e. The molecule has 1 saturated carbocycles. The van der Waals surface area contributed by atoms with Crippen molar-refractivity contribution in [3.05, 3.63) is 72.2 Å². The van der Waals surface area contributed by atoms with Crippen LogP contribution < -0.4 is 11.5 Å². The molecule has 1 fully saturated rings. The summed E-state index contributed by atoms with van der Waals surface area (Å²) < 4.78 is 2.07. The van der Waals surface area contributed by atoms with Gasteiger partial charge in [-0.05, 0) is 37.0 Å². The summed E-state index contributed by atoms with van der Waals surface area (Å²) in [6.07, 6.45) is 5.03. The zero-order valence-electron chi connectivity index (χ0n) is 15.5. The first-order chi connectivity index (χ1) is 13.7. The Hall–Kier alpha value is -3.09. The number of hydrogen-bond donors (Lipinski definition) is 2. The van der Waals surface area contributed by atoms with Crippen LogP contribution in [0.3, 0.4) is 0 Å². The molecular weight excluding hydrogens is 348 g/mol. The van der Waals surface area contributed by atoms with Gasteiger partial charge in [0, 0.05) is 16.8 Å². The van der Waals surface area contributed by atoms with E-state index in [1.807, 2.05) is 30.3 Å².